The molecule has 1 saturated carbocycles. The fourth-order valence-electron chi connectivity index (χ4n) is 10.9. The molecule has 372 valence electrons. The summed E-state index contributed by atoms with van der Waals surface area (Å²) in [5, 5.41) is 24.8. The van der Waals surface area contributed by atoms with Crippen molar-refractivity contribution in [1.29, 1.82) is 0 Å². The predicted molar refractivity (Wildman–Crippen MR) is 269 cm³/mol. The van der Waals surface area contributed by atoms with E-state index in [-0.39, 0.29) is 70.5 Å². The molecule has 13 heteroatoms. The van der Waals surface area contributed by atoms with Crippen molar-refractivity contribution in [3.05, 3.63) is 162 Å². The average molecular weight is 965 g/mol. The molecule has 9 rings (SSSR count). The van der Waals surface area contributed by atoms with Crippen molar-refractivity contribution in [2.45, 2.75) is 75.8 Å². The highest BCUT2D eigenvalue weighted by atomic mass is 16.7. The van der Waals surface area contributed by atoms with Gasteiger partial charge in [0.2, 0.25) is 12.6 Å². The van der Waals surface area contributed by atoms with Crippen molar-refractivity contribution < 1.29 is 53.0 Å². The van der Waals surface area contributed by atoms with Crippen molar-refractivity contribution >= 4 is 11.8 Å². The maximum absolute atomic E-state index is 15.0. The number of hydrogen-bond acceptors (Lipinski definition) is 12. The van der Waals surface area contributed by atoms with Gasteiger partial charge in [-0.05, 0) is 108 Å². The average Bonchev–Trinajstić information content (AvgIpc) is 3.88. The van der Waals surface area contributed by atoms with Gasteiger partial charge in [0.1, 0.15) is 37.0 Å². The Morgan fingerprint density at radius 3 is 2.28 bits per heavy atom. The van der Waals surface area contributed by atoms with Gasteiger partial charge in [-0.1, -0.05) is 109 Å². The first-order chi connectivity index (χ1) is 34.9. The van der Waals surface area contributed by atoms with E-state index in [9.17, 15) is 10.2 Å². The second-order valence-corrected chi connectivity index (χ2v) is 18.4. The van der Waals surface area contributed by atoms with Crippen molar-refractivity contribution in [3.63, 3.8) is 0 Å². The predicted octanol–water partition coefficient (Wildman–Crippen LogP) is 11.0. The van der Waals surface area contributed by atoms with Crippen LogP contribution in [-0.4, -0.2) is 85.7 Å². The van der Waals surface area contributed by atoms with Crippen LogP contribution in [0.2, 0.25) is 0 Å². The van der Waals surface area contributed by atoms with Gasteiger partial charge in [0.25, 0.3) is 0 Å². The first kappa shape index (κ1) is 49.3. The summed E-state index contributed by atoms with van der Waals surface area (Å²) in [6.07, 6.45) is 8.11. The number of nitrogens with zero attached hydrogens (tertiary/aromatic N) is 2. The minimum Gasteiger partial charge on any atom is -0.459 e. The van der Waals surface area contributed by atoms with E-state index in [0.29, 0.717) is 53.9 Å². The zero-order valence-electron chi connectivity index (χ0n) is 40.4. The van der Waals surface area contributed by atoms with Crippen LogP contribution in [0.5, 0.6) is 28.7 Å². The second-order valence-electron chi connectivity index (χ2n) is 18.4. The summed E-state index contributed by atoms with van der Waals surface area (Å²) in [5.41, 5.74) is 6.52. The Bertz CT molecular complexity index is 2620. The SMILES string of the molecule is C=CCO[C@@]12Oc3ccc(Oc4ccc(-c5ccccc5)cc4)cc3[C@H]3[C@H](CCCCO)[C@@H](CCCCO)C=C(C(=NOC)C[C@@H]1N(Cc1ccc4c(c1)OCO4)C(=O)OCCOCc1ccccc1)[C@H]32. The van der Waals surface area contributed by atoms with Gasteiger partial charge in [-0.15, -0.1) is 6.58 Å². The Balaban J connectivity index is 1.14. The van der Waals surface area contributed by atoms with Gasteiger partial charge in [-0.3, -0.25) is 4.90 Å². The van der Waals surface area contributed by atoms with Gasteiger partial charge >= 0.3 is 6.09 Å². The number of carbonyl (C=O) groups excluding carboxylic acids is 1. The monoisotopic (exact) mass is 964 g/mol. The van der Waals surface area contributed by atoms with Gasteiger partial charge in [-0.2, -0.15) is 0 Å². The molecule has 1 amide bonds. The maximum Gasteiger partial charge on any atom is 0.410 e. The highest BCUT2D eigenvalue weighted by molar-refractivity contribution is 6.03. The van der Waals surface area contributed by atoms with Crippen LogP contribution in [0.3, 0.4) is 0 Å². The lowest BCUT2D eigenvalue weighted by molar-refractivity contribution is -0.256. The Labute approximate surface area is 416 Å². The lowest BCUT2D eigenvalue weighted by atomic mass is 9.55. The number of allylic oxidation sites excluding steroid dienone is 1. The van der Waals surface area contributed by atoms with Crippen LogP contribution >= 0.6 is 0 Å². The third-order valence-electron chi connectivity index (χ3n) is 14.0. The smallest absolute Gasteiger partial charge is 0.410 e. The molecule has 2 heterocycles. The summed E-state index contributed by atoms with van der Waals surface area (Å²) in [6.45, 7) is 5.09. The van der Waals surface area contributed by atoms with Crippen LogP contribution < -0.4 is 18.9 Å². The minimum atomic E-state index is -1.51. The van der Waals surface area contributed by atoms with Crippen molar-refractivity contribution in [1.82, 2.24) is 4.90 Å². The number of fused-ring (bicyclic) bond motifs is 3. The quantitative estimate of drug-likeness (QED) is 0.0366. The largest absolute Gasteiger partial charge is 0.459 e. The molecule has 1 fully saturated rings. The van der Waals surface area contributed by atoms with Crippen LogP contribution in [0.25, 0.3) is 11.1 Å². The Morgan fingerprint density at radius 2 is 1.52 bits per heavy atom. The number of aliphatic hydroxyl groups excluding tert-OH is 2. The van der Waals surface area contributed by atoms with Crippen molar-refractivity contribution in [2.24, 2.45) is 22.9 Å². The minimum absolute atomic E-state index is 0.00331. The Morgan fingerprint density at radius 1 is 0.803 bits per heavy atom. The lowest BCUT2D eigenvalue weighted by Crippen LogP contribution is -2.70. The fourth-order valence-corrected chi connectivity index (χ4v) is 10.9. The third kappa shape index (κ3) is 11.1. The molecule has 2 aliphatic carbocycles. The molecule has 0 bridgehead atoms. The summed E-state index contributed by atoms with van der Waals surface area (Å²) in [4.78, 5) is 22.4. The number of carbonyl (C=O) groups is 1. The van der Waals surface area contributed by atoms with Crippen LogP contribution in [0.1, 0.15) is 67.6 Å². The molecule has 13 nitrogen and oxygen atoms in total. The first-order valence-corrected chi connectivity index (χ1v) is 24.8. The van der Waals surface area contributed by atoms with Crippen LogP contribution in [0.4, 0.5) is 4.79 Å². The number of rotatable bonds is 23. The summed E-state index contributed by atoms with van der Waals surface area (Å²) in [6, 6.07) is 38.9. The van der Waals surface area contributed by atoms with Gasteiger partial charge in [-0.25, -0.2) is 4.79 Å². The van der Waals surface area contributed by atoms with E-state index in [1.54, 1.807) is 11.0 Å². The molecule has 0 spiro atoms. The Hall–Kier alpha value is -6.64. The van der Waals surface area contributed by atoms with E-state index in [1.807, 2.05) is 91.0 Å². The topological polar surface area (TPSA) is 147 Å². The zero-order chi connectivity index (χ0) is 49.0. The summed E-state index contributed by atoms with van der Waals surface area (Å²) in [7, 11) is 1.53. The molecule has 0 saturated heterocycles. The summed E-state index contributed by atoms with van der Waals surface area (Å²) < 4.78 is 44.8. The van der Waals surface area contributed by atoms with Gasteiger partial charge < -0.3 is 48.2 Å². The molecule has 2 N–H and O–H groups in total. The summed E-state index contributed by atoms with van der Waals surface area (Å²) >= 11 is 0. The van der Waals surface area contributed by atoms with E-state index in [4.69, 9.17) is 43.2 Å². The molecule has 0 radical (unpaired) electrons. The molecular weight excluding hydrogens is 901 g/mol. The summed E-state index contributed by atoms with van der Waals surface area (Å²) in [5.74, 6) is 0.905. The highest BCUT2D eigenvalue weighted by Crippen LogP contribution is 2.62. The van der Waals surface area contributed by atoms with Crippen molar-refractivity contribution in [3.8, 4) is 39.9 Å². The lowest BCUT2D eigenvalue weighted by Gasteiger charge is -2.59. The maximum atomic E-state index is 15.0. The molecule has 5 aromatic rings. The van der Waals surface area contributed by atoms with Gasteiger partial charge in [0.15, 0.2) is 11.5 Å². The molecule has 4 aliphatic rings. The number of ether oxygens (including phenoxy) is 7. The van der Waals surface area contributed by atoms with Gasteiger partial charge in [0.05, 0.1) is 31.5 Å². The number of benzene rings is 5. The van der Waals surface area contributed by atoms with Crippen molar-refractivity contribution in [2.75, 3.05) is 46.9 Å². The first-order valence-electron chi connectivity index (χ1n) is 24.8. The van der Waals surface area contributed by atoms with Crippen LogP contribution in [-0.2, 0) is 32.2 Å². The number of oxime groups is 1. The number of unbranched alkanes of at least 4 members (excludes halogenated alkanes) is 2. The molecule has 0 unspecified atom stereocenters. The molecule has 6 atom stereocenters. The molecule has 71 heavy (non-hydrogen) atoms. The highest BCUT2D eigenvalue weighted by Gasteiger charge is 2.65. The van der Waals surface area contributed by atoms with E-state index in [0.717, 1.165) is 59.1 Å². The molecule has 2 aliphatic heterocycles. The zero-order valence-corrected chi connectivity index (χ0v) is 40.4. The van der Waals surface area contributed by atoms with E-state index >= 15 is 4.79 Å². The van der Waals surface area contributed by atoms with E-state index in [1.165, 1.54) is 7.11 Å². The molecule has 0 aromatic heterocycles. The molecule has 5 aromatic carbocycles. The normalized spacial score (nSPS) is 22.1. The number of aliphatic hydroxyl groups is 2. The van der Waals surface area contributed by atoms with E-state index in [2.05, 4.69) is 43.0 Å². The van der Waals surface area contributed by atoms with Crippen LogP contribution in [0.15, 0.2) is 151 Å². The van der Waals surface area contributed by atoms with E-state index < -0.39 is 23.8 Å². The Kier molecular flexibility index (Phi) is 16.3. The molecular formula is C58H64N2O11. The number of hydrogen-bond donors (Lipinski definition) is 2. The fraction of sp³-hybridized carbons (Fsp3) is 0.379. The van der Waals surface area contributed by atoms with Crippen LogP contribution in [0, 0.1) is 17.8 Å². The third-order valence-corrected chi connectivity index (χ3v) is 14.0. The standard InChI is InChI=1S/C58H64N2O11/c1-3-30-69-58-54(60(37-41-20-26-52-53(33-41)68-39-67-52)57(63)66-32-31-65-38-40-14-6-4-7-15-40)36-50(59-64-2)48-34-44(18-10-12-28-61)47(19-11-13-29-62)55(56(48)58)49-35-46(25-27-51(49)71-58)70-45-23-21-43(22-24-45)42-16-8-5-9-17-42/h3-9,14-17,20-27,33-35,44,47,54-56,61-62H,1,10-13,18-19,28-32,36-39H2,2H3/t44-,47+,54-,55+,56+,58+/m0/s1. The number of amides is 1. The van der Waals surface area contributed by atoms with Gasteiger partial charge in [0, 0.05) is 37.7 Å². The second kappa shape index (κ2) is 23.5.